The van der Waals surface area contributed by atoms with Crippen molar-refractivity contribution in [1.29, 1.82) is 0 Å². The van der Waals surface area contributed by atoms with Gasteiger partial charge in [-0.05, 0) is 24.1 Å². The van der Waals surface area contributed by atoms with Crippen LogP contribution in [0, 0.1) is 0 Å². The van der Waals surface area contributed by atoms with Gasteiger partial charge in [0.1, 0.15) is 0 Å². The maximum absolute atomic E-state index is 12.6. The molecule has 0 radical (unpaired) electrons. The van der Waals surface area contributed by atoms with E-state index >= 15 is 0 Å². The molecule has 0 fully saturated rings. The molecule has 0 atom stereocenters. The molecule has 0 N–H and O–H groups in total. The van der Waals surface area contributed by atoms with Gasteiger partial charge in [-0.15, -0.1) is 0 Å². The summed E-state index contributed by atoms with van der Waals surface area (Å²) in [5, 5.41) is 0. The van der Waals surface area contributed by atoms with Crippen LogP contribution in [-0.4, -0.2) is 20.1 Å². The van der Waals surface area contributed by atoms with Gasteiger partial charge in [-0.2, -0.15) is 47.9 Å². The molecule has 13 heteroatoms. The largest absolute Gasteiger partial charge is 0.534 e. The zero-order valence-corrected chi connectivity index (χ0v) is 12.4. The third kappa shape index (κ3) is 5.83. The SMILES string of the molecule is O=S(=O)(OC(=CCc1cccc(C(F)(F)F)c1)C(F)(F)F)C(F)(F)F. The van der Waals surface area contributed by atoms with E-state index in [1.165, 1.54) is 0 Å². The zero-order chi connectivity index (χ0) is 19.7. The summed E-state index contributed by atoms with van der Waals surface area (Å²) in [7, 11) is -6.58. The highest BCUT2D eigenvalue weighted by Gasteiger charge is 2.52. The quantitative estimate of drug-likeness (QED) is 0.321. The van der Waals surface area contributed by atoms with Crippen LogP contribution in [0.3, 0.4) is 0 Å². The van der Waals surface area contributed by atoms with E-state index in [1.807, 2.05) is 0 Å². The van der Waals surface area contributed by atoms with Gasteiger partial charge in [0.2, 0.25) is 5.76 Å². The number of allylic oxidation sites excluding steroid dienone is 2. The van der Waals surface area contributed by atoms with E-state index in [1.54, 1.807) is 0 Å². The number of benzene rings is 1. The van der Waals surface area contributed by atoms with Crippen molar-refractivity contribution in [3.05, 3.63) is 47.2 Å². The normalized spacial score (nSPS) is 14.5. The van der Waals surface area contributed by atoms with Crippen molar-refractivity contribution in [1.82, 2.24) is 0 Å². The monoisotopic (exact) mass is 402 g/mol. The number of halogens is 9. The summed E-state index contributed by atoms with van der Waals surface area (Å²) in [5.41, 5.74) is -7.66. The lowest BCUT2D eigenvalue weighted by atomic mass is 10.1. The highest BCUT2D eigenvalue weighted by atomic mass is 32.2. The molecule has 0 aromatic heterocycles. The van der Waals surface area contributed by atoms with Crippen LogP contribution in [-0.2, 0) is 26.9 Å². The third-order valence-corrected chi connectivity index (χ3v) is 3.51. The van der Waals surface area contributed by atoms with Gasteiger partial charge in [0.25, 0.3) is 0 Å². The second kappa shape index (κ2) is 6.77. The average molecular weight is 402 g/mol. The van der Waals surface area contributed by atoms with Crippen molar-refractivity contribution in [2.75, 3.05) is 0 Å². The molecule has 0 spiro atoms. The predicted octanol–water partition coefficient (Wildman–Crippen LogP) is 4.56. The Morgan fingerprint density at radius 3 is 2.00 bits per heavy atom. The number of hydrogen-bond acceptors (Lipinski definition) is 3. The molecule has 142 valence electrons. The van der Waals surface area contributed by atoms with Crippen LogP contribution in [0.25, 0.3) is 0 Å². The smallest absolute Gasteiger partial charge is 0.371 e. The molecule has 0 bridgehead atoms. The molecular weight excluding hydrogens is 395 g/mol. The molecule has 1 rings (SSSR count). The fraction of sp³-hybridized carbons (Fsp3) is 0.333. The van der Waals surface area contributed by atoms with Gasteiger partial charge in [-0.25, -0.2) is 0 Å². The number of hydrogen-bond donors (Lipinski definition) is 0. The summed E-state index contributed by atoms with van der Waals surface area (Å²) in [6.45, 7) is 0. The molecule has 0 amide bonds. The van der Waals surface area contributed by atoms with Crippen molar-refractivity contribution in [3.63, 3.8) is 0 Å². The van der Waals surface area contributed by atoms with Crippen LogP contribution in [0.2, 0.25) is 0 Å². The first kappa shape index (κ1) is 21.1. The highest BCUT2D eigenvalue weighted by molar-refractivity contribution is 7.87. The first-order valence-electron chi connectivity index (χ1n) is 5.98. The Hall–Kier alpha value is -1.92. The predicted molar refractivity (Wildman–Crippen MR) is 65.3 cm³/mol. The molecule has 1 aromatic carbocycles. The molecule has 0 aliphatic carbocycles. The minimum absolute atomic E-state index is 0.0984. The molecule has 0 unspecified atom stereocenters. The Labute approximate surface area is 134 Å². The molecule has 0 aliphatic heterocycles. The van der Waals surface area contributed by atoms with E-state index < -0.39 is 45.7 Å². The molecular formula is C12H7F9O3S. The second-order valence-electron chi connectivity index (χ2n) is 4.45. The molecule has 25 heavy (non-hydrogen) atoms. The summed E-state index contributed by atoms with van der Waals surface area (Å²) in [4.78, 5) is 0. The third-order valence-electron chi connectivity index (χ3n) is 2.54. The van der Waals surface area contributed by atoms with E-state index in [0.29, 0.717) is 12.1 Å². The Bertz CT molecular complexity index is 742. The maximum Gasteiger partial charge on any atom is 0.534 e. The minimum atomic E-state index is -6.58. The van der Waals surface area contributed by atoms with Gasteiger partial charge in [0.05, 0.1) is 5.56 Å². The average Bonchev–Trinajstić information content (AvgIpc) is 2.40. The van der Waals surface area contributed by atoms with E-state index in [2.05, 4.69) is 4.18 Å². The van der Waals surface area contributed by atoms with E-state index in [-0.39, 0.29) is 11.6 Å². The molecule has 0 heterocycles. The van der Waals surface area contributed by atoms with Gasteiger partial charge in [-0.1, -0.05) is 18.2 Å². The Balaban J connectivity index is 3.15. The van der Waals surface area contributed by atoms with E-state index in [9.17, 15) is 47.9 Å². The lowest BCUT2D eigenvalue weighted by molar-refractivity contribution is -0.137. The zero-order valence-electron chi connectivity index (χ0n) is 11.6. The van der Waals surface area contributed by atoms with E-state index in [4.69, 9.17) is 0 Å². The summed E-state index contributed by atoms with van der Waals surface area (Å²) in [5.74, 6) is -2.51. The van der Waals surface area contributed by atoms with E-state index in [0.717, 1.165) is 12.1 Å². The van der Waals surface area contributed by atoms with Crippen molar-refractivity contribution >= 4 is 10.1 Å². The van der Waals surface area contributed by atoms with Crippen molar-refractivity contribution in [2.45, 2.75) is 24.3 Å². The van der Waals surface area contributed by atoms with Crippen molar-refractivity contribution < 1.29 is 52.1 Å². The van der Waals surface area contributed by atoms with Crippen LogP contribution in [0.4, 0.5) is 39.5 Å². The summed E-state index contributed by atoms with van der Waals surface area (Å²) < 4.78 is 136. The molecule has 3 nitrogen and oxygen atoms in total. The minimum Gasteiger partial charge on any atom is -0.371 e. The molecule has 0 saturated heterocycles. The van der Waals surface area contributed by atoms with Crippen molar-refractivity contribution in [2.24, 2.45) is 0 Å². The van der Waals surface area contributed by atoms with Crippen LogP contribution < -0.4 is 0 Å². The van der Waals surface area contributed by atoms with Gasteiger partial charge in [-0.3, -0.25) is 0 Å². The number of rotatable bonds is 4. The van der Waals surface area contributed by atoms with Gasteiger partial charge in [0, 0.05) is 0 Å². The Morgan fingerprint density at radius 1 is 1.00 bits per heavy atom. The molecule has 1 aromatic rings. The second-order valence-corrected chi connectivity index (χ2v) is 5.99. The topological polar surface area (TPSA) is 43.4 Å². The first-order valence-corrected chi connectivity index (χ1v) is 7.39. The molecule has 0 saturated carbocycles. The fourth-order valence-electron chi connectivity index (χ4n) is 1.45. The number of alkyl halides is 9. The fourth-order valence-corrected chi connectivity index (χ4v) is 1.94. The summed E-state index contributed by atoms with van der Waals surface area (Å²) >= 11 is 0. The van der Waals surface area contributed by atoms with Crippen LogP contribution in [0.5, 0.6) is 0 Å². The Morgan fingerprint density at radius 2 is 1.56 bits per heavy atom. The lowest BCUT2D eigenvalue weighted by Crippen LogP contribution is -2.29. The highest BCUT2D eigenvalue weighted by Crippen LogP contribution is 2.34. The van der Waals surface area contributed by atoms with Crippen LogP contribution in [0.1, 0.15) is 11.1 Å². The summed E-state index contributed by atoms with van der Waals surface area (Å²) in [6.07, 6.45) is -11.5. The standard InChI is InChI=1S/C12H7F9O3S/c13-10(14,15)8-3-1-2-7(6-8)4-5-9(11(16,17)18)24-25(22,23)12(19,20)21/h1-3,5-6H,4H2. The summed E-state index contributed by atoms with van der Waals surface area (Å²) in [6, 6.07) is 2.93. The maximum atomic E-state index is 12.6. The first-order chi connectivity index (χ1) is 11.0. The molecule has 0 aliphatic rings. The van der Waals surface area contributed by atoms with Gasteiger partial charge >= 0.3 is 28.0 Å². The van der Waals surface area contributed by atoms with Gasteiger partial charge < -0.3 is 4.18 Å². The van der Waals surface area contributed by atoms with Crippen molar-refractivity contribution in [3.8, 4) is 0 Å². The lowest BCUT2D eigenvalue weighted by Gasteiger charge is -2.15. The van der Waals surface area contributed by atoms with Gasteiger partial charge in [0.15, 0.2) is 0 Å². The van der Waals surface area contributed by atoms with Crippen LogP contribution in [0.15, 0.2) is 36.1 Å². The Kier molecular flexibility index (Phi) is 5.72. The van der Waals surface area contributed by atoms with Crippen LogP contribution >= 0.6 is 0 Å².